The Bertz CT molecular complexity index is 390. The largest absolute Gasteiger partial charge is 0.497 e. The highest BCUT2D eigenvalue weighted by Crippen LogP contribution is 2.20. The number of carbonyl (C=O) groups excluding carboxylic acids is 1. The molecular weight excluding hydrogens is 240 g/mol. The van der Waals surface area contributed by atoms with E-state index in [1.165, 1.54) is 0 Å². The molecule has 4 nitrogen and oxygen atoms in total. The van der Waals surface area contributed by atoms with Gasteiger partial charge in [0.1, 0.15) is 5.75 Å². The number of carbonyl (C=O) groups is 1. The van der Waals surface area contributed by atoms with Crippen molar-refractivity contribution in [3.8, 4) is 5.75 Å². The van der Waals surface area contributed by atoms with E-state index in [4.69, 9.17) is 10.5 Å². The maximum atomic E-state index is 11.9. The first-order valence-electron chi connectivity index (χ1n) is 6.82. The first kappa shape index (κ1) is 15.5. The predicted octanol–water partition coefficient (Wildman–Crippen LogP) is 2.39. The number of hydrogen-bond acceptors (Lipinski definition) is 3. The Kier molecular flexibility index (Phi) is 6.36. The number of methoxy groups -OCH3 is 1. The number of nitrogens with one attached hydrogen (secondary N) is 1. The smallest absolute Gasteiger partial charge is 0.237 e. The van der Waals surface area contributed by atoms with Gasteiger partial charge in [-0.1, -0.05) is 32.4 Å². The molecular formula is C15H24N2O2. The van der Waals surface area contributed by atoms with Crippen LogP contribution in [0.5, 0.6) is 5.75 Å². The van der Waals surface area contributed by atoms with E-state index >= 15 is 0 Å². The molecule has 0 spiro atoms. The van der Waals surface area contributed by atoms with E-state index in [0.717, 1.165) is 24.2 Å². The number of hydrogen-bond donors (Lipinski definition) is 2. The third-order valence-electron chi connectivity index (χ3n) is 3.18. The molecule has 0 radical (unpaired) electrons. The maximum absolute atomic E-state index is 11.9. The second-order valence-corrected chi connectivity index (χ2v) is 4.64. The van der Waals surface area contributed by atoms with Gasteiger partial charge in [-0.2, -0.15) is 0 Å². The lowest BCUT2D eigenvalue weighted by Crippen LogP contribution is -2.42. The summed E-state index contributed by atoms with van der Waals surface area (Å²) in [6.45, 7) is 4.06. The molecule has 106 valence electrons. The van der Waals surface area contributed by atoms with Crippen LogP contribution in [-0.4, -0.2) is 19.1 Å². The van der Waals surface area contributed by atoms with Crippen LogP contribution in [-0.2, 0) is 4.79 Å². The molecule has 1 aromatic rings. The van der Waals surface area contributed by atoms with Crippen molar-refractivity contribution in [3.63, 3.8) is 0 Å². The molecule has 1 aromatic carbocycles. The van der Waals surface area contributed by atoms with Crippen molar-refractivity contribution in [2.75, 3.05) is 7.11 Å². The Morgan fingerprint density at radius 2 is 1.95 bits per heavy atom. The Labute approximate surface area is 115 Å². The normalized spacial score (nSPS) is 13.7. The monoisotopic (exact) mass is 264 g/mol. The summed E-state index contributed by atoms with van der Waals surface area (Å²) in [4.78, 5) is 11.9. The minimum absolute atomic E-state index is 0.00122. The summed E-state index contributed by atoms with van der Waals surface area (Å²) in [7, 11) is 1.64. The van der Waals surface area contributed by atoms with Crippen LogP contribution in [0.1, 0.15) is 44.7 Å². The van der Waals surface area contributed by atoms with Gasteiger partial charge in [0.15, 0.2) is 0 Å². The van der Waals surface area contributed by atoms with Gasteiger partial charge in [-0.3, -0.25) is 4.79 Å². The lowest BCUT2D eigenvalue weighted by atomic mass is 10.0. The minimum Gasteiger partial charge on any atom is -0.497 e. The third-order valence-corrected chi connectivity index (χ3v) is 3.18. The molecule has 0 heterocycles. The third kappa shape index (κ3) is 4.56. The molecule has 0 aliphatic rings. The van der Waals surface area contributed by atoms with E-state index < -0.39 is 6.04 Å². The summed E-state index contributed by atoms with van der Waals surface area (Å²) in [6.07, 6.45) is 2.45. The second kappa shape index (κ2) is 7.79. The number of rotatable bonds is 7. The van der Waals surface area contributed by atoms with Gasteiger partial charge < -0.3 is 15.8 Å². The highest BCUT2D eigenvalue weighted by atomic mass is 16.5. The quantitative estimate of drug-likeness (QED) is 0.794. The van der Waals surface area contributed by atoms with E-state index in [9.17, 15) is 4.79 Å². The van der Waals surface area contributed by atoms with Gasteiger partial charge in [-0.15, -0.1) is 0 Å². The van der Waals surface area contributed by atoms with Crippen LogP contribution in [0.15, 0.2) is 24.3 Å². The number of nitrogens with two attached hydrogens (primary N) is 1. The maximum Gasteiger partial charge on any atom is 0.237 e. The van der Waals surface area contributed by atoms with E-state index in [2.05, 4.69) is 5.32 Å². The fourth-order valence-corrected chi connectivity index (χ4v) is 1.98. The number of ether oxygens (including phenoxy) is 1. The fourth-order valence-electron chi connectivity index (χ4n) is 1.98. The lowest BCUT2D eigenvalue weighted by molar-refractivity contribution is -0.123. The Morgan fingerprint density at radius 1 is 1.32 bits per heavy atom. The minimum atomic E-state index is -0.419. The van der Waals surface area contributed by atoms with Crippen LogP contribution in [0.25, 0.3) is 0 Å². The van der Waals surface area contributed by atoms with Crippen LogP contribution >= 0.6 is 0 Å². The first-order valence-corrected chi connectivity index (χ1v) is 6.82. The van der Waals surface area contributed by atoms with Crippen LogP contribution in [0, 0.1) is 0 Å². The molecule has 19 heavy (non-hydrogen) atoms. The zero-order chi connectivity index (χ0) is 14.3. The average molecular weight is 264 g/mol. The topological polar surface area (TPSA) is 64.4 Å². The van der Waals surface area contributed by atoms with Gasteiger partial charge in [0.2, 0.25) is 5.91 Å². The van der Waals surface area contributed by atoms with Gasteiger partial charge in [0, 0.05) is 0 Å². The average Bonchev–Trinajstić information content (AvgIpc) is 2.45. The SMILES string of the molecule is CCC[C@H](N)C(=O)NC(CC)c1ccc(OC)cc1. The van der Waals surface area contributed by atoms with E-state index in [1.807, 2.05) is 38.1 Å². The summed E-state index contributed by atoms with van der Waals surface area (Å²) >= 11 is 0. The van der Waals surface area contributed by atoms with Gasteiger partial charge in [0.25, 0.3) is 0 Å². The fraction of sp³-hybridized carbons (Fsp3) is 0.533. The van der Waals surface area contributed by atoms with Crippen LogP contribution in [0.3, 0.4) is 0 Å². The molecule has 0 bridgehead atoms. The molecule has 0 aliphatic carbocycles. The molecule has 0 fully saturated rings. The molecule has 3 N–H and O–H groups in total. The van der Waals surface area contributed by atoms with Crippen molar-refractivity contribution in [3.05, 3.63) is 29.8 Å². The summed E-state index contributed by atoms with van der Waals surface area (Å²) in [5.74, 6) is 0.733. The predicted molar refractivity (Wildman–Crippen MR) is 77.1 cm³/mol. The highest BCUT2D eigenvalue weighted by molar-refractivity contribution is 5.81. The summed E-state index contributed by atoms with van der Waals surface area (Å²) < 4.78 is 5.13. The molecule has 1 amide bonds. The standard InChI is InChI=1S/C15H24N2O2/c1-4-6-13(16)15(18)17-14(5-2)11-7-9-12(19-3)10-8-11/h7-10,13-14H,4-6,16H2,1-3H3,(H,17,18)/t13-,14?/m0/s1. The van der Waals surface area contributed by atoms with E-state index in [-0.39, 0.29) is 11.9 Å². The van der Waals surface area contributed by atoms with Gasteiger partial charge in [-0.25, -0.2) is 0 Å². The molecule has 0 saturated heterocycles. The van der Waals surface area contributed by atoms with Gasteiger partial charge >= 0.3 is 0 Å². The molecule has 0 aliphatic heterocycles. The van der Waals surface area contributed by atoms with E-state index in [1.54, 1.807) is 7.11 Å². The van der Waals surface area contributed by atoms with Crippen LogP contribution < -0.4 is 15.8 Å². The Balaban J connectivity index is 2.69. The molecule has 1 rings (SSSR count). The molecule has 4 heteroatoms. The van der Waals surface area contributed by atoms with Crippen molar-refractivity contribution in [1.82, 2.24) is 5.32 Å². The van der Waals surface area contributed by atoms with Crippen molar-refractivity contribution in [2.45, 2.75) is 45.2 Å². The van der Waals surface area contributed by atoms with Crippen molar-refractivity contribution in [1.29, 1.82) is 0 Å². The zero-order valence-corrected chi connectivity index (χ0v) is 12.0. The molecule has 2 atom stereocenters. The number of benzene rings is 1. The molecule has 1 unspecified atom stereocenters. The van der Waals surface area contributed by atoms with Crippen molar-refractivity contribution < 1.29 is 9.53 Å². The summed E-state index contributed by atoms with van der Waals surface area (Å²) in [5, 5.41) is 3.00. The summed E-state index contributed by atoms with van der Waals surface area (Å²) in [6, 6.07) is 7.32. The van der Waals surface area contributed by atoms with Crippen molar-refractivity contribution in [2.24, 2.45) is 5.73 Å². The lowest BCUT2D eigenvalue weighted by Gasteiger charge is -2.20. The molecule has 0 aromatic heterocycles. The van der Waals surface area contributed by atoms with Crippen LogP contribution in [0.2, 0.25) is 0 Å². The van der Waals surface area contributed by atoms with Gasteiger partial charge in [-0.05, 0) is 30.5 Å². The van der Waals surface area contributed by atoms with Crippen LogP contribution in [0.4, 0.5) is 0 Å². The van der Waals surface area contributed by atoms with Gasteiger partial charge in [0.05, 0.1) is 19.2 Å². The molecule has 0 saturated carbocycles. The Hall–Kier alpha value is -1.55. The Morgan fingerprint density at radius 3 is 2.42 bits per heavy atom. The number of amides is 1. The highest BCUT2D eigenvalue weighted by Gasteiger charge is 2.17. The summed E-state index contributed by atoms with van der Waals surface area (Å²) in [5.41, 5.74) is 6.89. The zero-order valence-electron chi connectivity index (χ0n) is 12.0. The second-order valence-electron chi connectivity index (χ2n) is 4.64. The van der Waals surface area contributed by atoms with Crippen molar-refractivity contribution >= 4 is 5.91 Å². The van der Waals surface area contributed by atoms with E-state index in [0.29, 0.717) is 6.42 Å². The first-order chi connectivity index (χ1) is 9.12.